The average molecular weight is 450 g/mol. The number of sulfone groups is 1. The lowest BCUT2D eigenvalue weighted by molar-refractivity contribution is 0.569. The van der Waals surface area contributed by atoms with Crippen molar-refractivity contribution in [3.63, 3.8) is 0 Å². The van der Waals surface area contributed by atoms with Crippen molar-refractivity contribution in [1.29, 1.82) is 0 Å². The first kappa shape index (κ1) is 21.7. The number of hydrogen-bond acceptors (Lipinski definition) is 5. The van der Waals surface area contributed by atoms with Crippen molar-refractivity contribution in [2.75, 3.05) is 6.54 Å². The monoisotopic (exact) mass is 449 g/mol. The lowest BCUT2D eigenvalue weighted by atomic mass is 10.2. The van der Waals surface area contributed by atoms with Gasteiger partial charge in [0.2, 0.25) is 10.0 Å². The minimum absolute atomic E-state index is 0.162. The van der Waals surface area contributed by atoms with E-state index in [1.54, 1.807) is 60.8 Å². The van der Waals surface area contributed by atoms with Gasteiger partial charge in [-0.3, -0.25) is 0 Å². The molecule has 0 amide bonds. The molecule has 0 aliphatic carbocycles. The molecule has 29 heavy (non-hydrogen) atoms. The Balaban J connectivity index is 1.95. The molecule has 3 rings (SSSR count). The summed E-state index contributed by atoms with van der Waals surface area (Å²) >= 11 is 1.29. The maximum atomic E-state index is 13.3. The molecule has 0 bridgehead atoms. The number of benzene rings is 2. The normalized spacial score (nSPS) is 13.3. The largest absolute Gasteiger partial charge is 0.240 e. The Hall–Kier alpha value is -2.00. The Labute approximate surface area is 176 Å². The van der Waals surface area contributed by atoms with Crippen LogP contribution in [0.15, 0.2) is 69.8 Å². The van der Waals surface area contributed by atoms with E-state index in [-0.39, 0.29) is 16.3 Å². The van der Waals surface area contributed by atoms with Crippen molar-refractivity contribution in [2.45, 2.75) is 35.8 Å². The number of aryl methyl sites for hydroxylation is 3. The molecule has 0 unspecified atom stereocenters. The fourth-order valence-electron chi connectivity index (χ4n) is 2.99. The van der Waals surface area contributed by atoms with Gasteiger partial charge in [0.15, 0.2) is 9.84 Å². The third kappa shape index (κ3) is 4.78. The van der Waals surface area contributed by atoms with Gasteiger partial charge in [-0.2, -0.15) is 0 Å². The predicted molar refractivity (Wildman–Crippen MR) is 117 cm³/mol. The Bertz CT molecular complexity index is 1200. The van der Waals surface area contributed by atoms with Crippen molar-refractivity contribution in [3.05, 3.63) is 81.5 Å². The second-order valence-corrected chi connectivity index (χ2v) is 11.8. The van der Waals surface area contributed by atoms with Crippen molar-refractivity contribution in [3.8, 4) is 0 Å². The zero-order valence-electron chi connectivity index (χ0n) is 16.4. The highest BCUT2D eigenvalue weighted by atomic mass is 32.2. The molecule has 1 aromatic heterocycles. The van der Waals surface area contributed by atoms with E-state index in [0.717, 1.165) is 11.1 Å². The molecule has 0 spiro atoms. The molecule has 8 heteroatoms. The summed E-state index contributed by atoms with van der Waals surface area (Å²) in [4.78, 5) is 0.928. The van der Waals surface area contributed by atoms with Crippen LogP contribution in [0.1, 0.15) is 26.8 Å². The van der Waals surface area contributed by atoms with Crippen LogP contribution in [-0.2, 0) is 19.9 Å². The highest BCUT2D eigenvalue weighted by Crippen LogP contribution is 2.32. The van der Waals surface area contributed by atoms with Gasteiger partial charge in [0.25, 0.3) is 0 Å². The Morgan fingerprint density at radius 2 is 1.55 bits per heavy atom. The van der Waals surface area contributed by atoms with Gasteiger partial charge < -0.3 is 0 Å². The molecule has 0 aliphatic rings. The molecular weight excluding hydrogens is 426 g/mol. The average Bonchev–Trinajstić information content (AvgIpc) is 3.18. The van der Waals surface area contributed by atoms with Crippen molar-refractivity contribution in [2.24, 2.45) is 0 Å². The molecule has 1 atom stereocenters. The van der Waals surface area contributed by atoms with Crippen molar-refractivity contribution < 1.29 is 16.8 Å². The highest BCUT2D eigenvalue weighted by molar-refractivity contribution is 7.92. The lowest BCUT2D eigenvalue weighted by Gasteiger charge is -2.18. The number of rotatable bonds is 7. The second kappa shape index (κ2) is 8.39. The molecule has 0 saturated heterocycles. The van der Waals surface area contributed by atoms with Crippen LogP contribution in [0.3, 0.4) is 0 Å². The zero-order valence-corrected chi connectivity index (χ0v) is 18.9. The van der Waals surface area contributed by atoms with Crippen LogP contribution in [0.2, 0.25) is 0 Å². The Morgan fingerprint density at radius 1 is 0.897 bits per heavy atom. The van der Waals surface area contributed by atoms with Crippen LogP contribution >= 0.6 is 11.3 Å². The summed E-state index contributed by atoms with van der Waals surface area (Å²) in [6, 6.07) is 15.2. The molecule has 2 aromatic carbocycles. The third-order valence-corrected chi connectivity index (χ3v) is 9.48. The van der Waals surface area contributed by atoms with E-state index in [2.05, 4.69) is 4.72 Å². The molecule has 1 heterocycles. The topological polar surface area (TPSA) is 80.3 Å². The summed E-state index contributed by atoms with van der Waals surface area (Å²) in [7, 11) is -7.64. The van der Waals surface area contributed by atoms with Crippen LogP contribution in [0, 0.1) is 20.8 Å². The molecule has 0 radical (unpaired) electrons. The van der Waals surface area contributed by atoms with Gasteiger partial charge in [0, 0.05) is 11.4 Å². The minimum atomic E-state index is -3.86. The molecule has 3 aromatic rings. The Morgan fingerprint density at radius 3 is 2.17 bits per heavy atom. The van der Waals surface area contributed by atoms with Gasteiger partial charge in [-0.15, -0.1) is 11.3 Å². The van der Waals surface area contributed by atoms with Gasteiger partial charge in [0.05, 0.1) is 9.79 Å². The number of hydrogen-bond donors (Lipinski definition) is 1. The fraction of sp³-hybridized carbons (Fsp3) is 0.238. The minimum Gasteiger partial charge on any atom is -0.223 e. The van der Waals surface area contributed by atoms with Gasteiger partial charge in [-0.1, -0.05) is 35.9 Å². The van der Waals surface area contributed by atoms with E-state index >= 15 is 0 Å². The van der Waals surface area contributed by atoms with Crippen LogP contribution in [0.4, 0.5) is 0 Å². The first-order valence-electron chi connectivity index (χ1n) is 9.02. The maximum Gasteiger partial charge on any atom is 0.240 e. The summed E-state index contributed by atoms with van der Waals surface area (Å²) in [5, 5.41) is 0.775. The van der Waals surface area contributed by atoms with Gasteiger partial charge in [-0.05, 0) is 61.5 Å². The number of thiophene rings is 1. The standard InChI is InChI=1S/C21H23NO4S3/c1-15-7-10-18(11-8-15)28(23,24)21(19-5-4-12-27-19)14-22-29(25,26)20-13-16(2)6-9-17(20)3/h4-13,21-22H,14H2,1-3H3/t21-/m0/s1. The quantitative estimate of drug-likeness (QED) is 0.587. The lowest BCUT2D eigenvalue weighted by Crippen LogP contribution is -2.32. The van der Waals surface area contributed by atoms with E-state index < -0.39 is 25.1 Å². The molecule has 5 nitrogen and oxygen atoms in total. The molecular formula is C21H23NO4S3. The van der Waals surface area contributed by atoms with E-state index in [0.29, 0.717) is 10.4 Å². The molecule has 1 N–H and O–H groups in total. The predicted octanol–water partition coefficient (Wildman–Crippen LogP) is 4.17. The first-order chi connectivity index (χ1) is 13.6. The van der Waals surface area contributed by atoms with Crippen LogP contribution in [-0.4, -0.2) is 23.4 Å². The first-order valence-corrected chi connectivity index (χ1v) is 12.9. The van der Waals surface area contributed by atoms with Crippen LogP contribution in [0.5, 0.6) is 0 Å². The maximum absolute atomic E-state index is 13.3. The zero-order chi connectivity index (χ0) is 21.2. The summed E-state index contributed by atoms with van der Waals surface area (Å²) in [6.45, 7) is 5.17. The molecule has 0 saturated carbocycles. The summed E-state index contributed by atoms with van der Waals surface area (Å²) in [5.41, 5.74) is 2.38. The number of sulfonamides is 1. The van der Waals surface area contributed by atoms with E-state index in [1.165, 1.54) is 11.3 Å². The van der Waals surface area contributed by atoms with Gasteiger partial charge in [0.1, 0.15) is 5.25 Å². The Kier molecular flexibility index (Phi) is 6.28. The smallest absolute Gasteiger partial charge is 0.223 e. The molecule has 0 aliphatic heterocycles. The number of nitrogens with one attached hydrogen (secondary N) is 1. The third-order valence-electron chi connectivity index (χ3n) is 4.68. The molecule has 0 fully saturated rings. The molecule has 154 valence electrons. The van der Waals surface area contributed by atoms with Crippen molar-refractivity contribution in [1.82, 2.24) is 4.72 Å². The summed E-state index contributed by atoms with van der Waals surface area (Å²) < 4.78 is 54.9. The van der Waals surface area contributed by atoms with Crippen LogP contribution in [0.25, 0.3) is 0 Å². The van der Waals surface area contributed by atoms with Gasteiger partial charge >= 0.3 is 0 Å². The second-order valence-electron chi connectivity index (χ2n) is 6.98. The fourth-order valence-corrected chi connectivity index (χ4v) is 7.25. The summed E-state index contributed by atoms with van der Waals surface area (Å²) in [6.07, 6.45) is 0. The van der Waals surface area contributed by atoms with Crippen molar-refractivity contribution >= 4 is 31.2 Å². The van der Waals surface area contributed by atoms with Gasteiger partial charge in [-0.25, -0.2) is 21.6 Å². The van der Waals surface area contributed by atoms with E-state index in [1.807, 2.05) is 19.9 Å². The van der Waals surface area contributed by atoms with E-state index in [9.17, 15) is 16.8 Å². The SMILES string of the molecule is Cc1ccc(S(=O)(=O)[C@@H](CNS(=O)(=O)c2cc(C)ccc2C)c2cccs2)cc1. The van der Waals surface area contributed by atoms with Crippen LogP contribution < -0.4 is 4.72 Å². The summed E-state index contributed by atoms with van der Waals surface area (Å²) in [5.74, 6) is 0. The highest BCUT2D eigenvalue weighted by Gasteiger charge is 2.31. The van der Waals surface area contributed by atoms with E-state index in [4.69, 9.17) is 0 Å².